The van der Waals surface area contributed by atoms with Gasteiger partial charge in [-0.3, -0.25) is 4.79 Å². The second-order valence-corrected chi connectivity index (χ2v) is 7.80. The summed E-state index contributed by atoms with van der Waals surface area (Å²) in [5.74, 6) is -1.35. The third-order valence-electron chi connectivity index (χ3n) is 5.24. The predicted molar refractivity (Wildman–Crippen MR) is 126 cm³/mol. The molecule has 9 nitrogen and oxygen atoms in total. The second-order valence-electron chi connectivity index (χ2n) is 7.80. The Morgan fingerprint density at radius 1 is 1.00 bits per heavy atom. The van der Waals surface area contributed by atoms with E-state index in [0.717, 1.165) is 22.0 Å². The Labute approximate surface area is 197 Å². The zero-order chi connectivity index (χ0) is 24.5. The molecule has 3 atom stereocenters. The molecule has 1 heterocycles. The van der Waals surface area contributed by atoms with Gasteiger partial charge >= 0.3 is 12.1 Å². The normalized spacial score (nSPS) is 13.5. The number of benzene rings is 2. The van der Waals surface area contributed by atoms with Crippen molar-refractivity contribution in [2.75, 3.05) is 6.61 Å². The molecule has 0 spiro atoms. The van der Waals surface area contributed by atoms with Gasteiger partial charge in [-0.05, 0) is 31.0 Å². The van der Waals surface area contributed by atoms with Crippen molar-refractivity contribution in [2.24, 2.45) is 0 Å². The molecule has 0 aliphatic carbocycles. The van der Waals surface area contributed by atoms with Crippen LogP contribution in [0.4, 0.5) is 4.79 Å². The van der Waals surface area contributed by atoms with E-state index in [1.807, 2.05) is 42.5 Å². The molecule has 180 valence electrons. The van der Waals surface area contributed by atoms with Gasteiger partial charge in [-0.15, -0.1) is 0 Å². The number of nitrogens with one attached hydrogen (secondary N) is 3. The SMILES string of the molecule is CCOC(=O)[C@H](Cc1c[nH]c2ccccc12)NC(=O)[C@@H](NC(=O)OCc1ccccc1)[C@@H](C)O. The van der Waals surface area contributed by atoms with Gasteiger partial charge in [-0.1, -0.05) is 48.5 Å². The quantitative estimate of drug-likeness (QED) is 0.339. The van der Waals surface area contributed by atoms with E-state index in [1.54, 1.807) is 25.3 Å². The molecule has 34 heavy (non-hydrogen) atoms. The van der Waals surface area contributed by atoms with Crippen molar-refractivity contribution in [3.63, 3.8) is 0 Å². The first-order valence-corrected chi connectivity index (χ1v) is 11.1. The fourth-order valence-electron chi connectivity index (χ4n) is 3.52. The number of fused-ring (bicyclic) bond motifs is 1. The van der Waals surface area contributed by atoms with E-state index in [1.165, 1.54) is 6.92 Å². The number of aliphatic hydroxyl groups excluding tert-OH is 1. The summed E-state index contributed by atoms with van der Waals surface area (Å²) < 4.78 is 10.3. The molecule has 0 saturated carbocycles. The van der Waals surface area contributed by atoms with Crippen LogP contribution in [0.5, 0.6) is 0 Å². The topological polar surface area (TPSA) is 130 Å². The van der Waals surface area contributed by atoms with Crippen LogP contribution in [0.15, 0.2) is 60.8 Å². The van der Waals surface area contributed by atoms with Crippen molar-refractivity contribution < 1.29 is 29.0 Å². The first-order chi connectivity index (χ1) is 16.4. The van der Waals surface area contributed by atoms with Crippen molar-refractivity contribution >= 4 is 28.9 Å². The highest BCUT2D eigenvalue weighted by Gasteiger charge is 2.31. The predicted octanol–water partition coefficient (Wildman–Crippen LogP) is 2.43. The van der Waals surface area contributed by atoms with Crippen LogP contribution in [0.2, 0.25) is 0 Å². The number of aromatic amines is 1. The summed E-state index contributed by atoms with van der Waals surface area (Å²) in [5, 5.41) is 16.0. The van der Waals surface area contributed by atoms with Gasteiger partial charge in [0.2, 0.25) is 5.91 Å². The molecule has 0 saturated heterocycles. The first-order valence-electron chi connectivity index (χ1n) is 11.1. The Morgan fingerprint density at radius 3 is 2.41 bits per heavy atom. The van der Waals surface area contributed by atoms with E-state index in [9.17, 15) is 19.5 Å². The van der Waals surface area contributed by atoms with Gasteiger partial charge in [0.1, 0.15) is 18.7 Å². The molecule has 0 radical (unpaired) electrons. The van der Waals surface area contributed by atoms with E-state index in [0.29, 0.717) is 0 Å². The van der Waals surface area contributed by atoms with Gasteiger partial charge in [-0.25, -0.2) is 9.59 Å². The number of para-hydroxylation sites is 1. The summed E-state index contributed by atoms with van der Waals surface area (Å²) in [7, 11) is 0. The zero-order valence-corrected chi connectivity index (χ0v) is 19.1. The summed E-state index contributed by atoms with van der Waals surface area (Å²) in [4.78, 5) is 40.9. The van der Waals surface area contributed by atoms with Crippen LogP contribution in [-0.4, -0.2) is 52.9 Å². The van der Waals surface area contributed by atoms with Crippen molar-refractivity contribution in [1.29, 1.82) is 0 Å². The molecule has 9 heteroatoms. The standard InChI is InChI=1S/C25H29N3O6/c1-3-33-24(31)21(13-18-14-26-20-12-8-7-11-19(18)20)27-23(30)22(16(2)29)28-25(32)34-15-17-9-5-4-6-10-17/h4-12,14,16,21-22,26,29H,3,13,15H2,1-2H3,(H,27,30)(H,28,32)/t16-,21+,22+/m1/s1. The highest BCUT2D eigenvalue weighted by molar-refractivity contribution is 5.91. The van der Waals surface area contributed by atoms with Crippen LogP contribution in [0.3, 0.4) is 0 Å². The van der Waals surface area contributed by atoms with Gasteiger partial charge in [-0.2, -0.15) is 0 Å². The van der Waals surface area contributed by atoms with Crippen molar-refractivity contribution in [3.8, 4) is 0 Å². The Hall–Kier alpha value is -3.85. The number of H-pyrrole nitrogens is 1. The minimum atomic E-state index is -1.33. The Morgan fingerprint density at radius 2 is 1.71 bits per heavy atom. The molecule has 3 aromatic rings. The molecular weight excluding hydrogens is 438 g/mol. The lowest BCUT2D eigenvalue weighted by atomic mass is 10.0. The van der Waals surface area contributed by atoms with E-state index < -0.39 is 36.2 Å². The van der Waals surface area contributed by atoms with E-state index in [4.69, 9.17) is 9.47 Å². The summed E-state index contributed by atoms with van der Waals surface area (Å²) in [5.41, 5.74) is 2.49. The molecule has 0 unspecified atom stereocenters. The molecule has 4 N–H and O–H groups in total. The average Bonchev–Trinajstić information content (AvgIpc) is 3.24. The Bertz CT molecular complexity index is 1110. The maximum Gasteiger partial charge on any atom is 0.408 e. The average molecular weight is 468 g/mol. The maximum atomic E-state index is 12.9. The maximum absolute atomic E-state index is 12.9. The monoisotopic (exact) mass is 467 g/mol. The number of aliphatic hydroxyl groups is 1. The number of carbonyl (C=O) groups is 3. The van der Waals surface area contributed by atoms with Crippen LogP contribution < -0.4 is 10.6 Å². The molecule has 0 aliphatic rings. The number of aromatic nitrogens is 1. The molecular formula is C25H29N3O6. The third-order valence-corrected chi connectivity index (χ3v) is 5.24. The van der Waals surface area contributed by atoms with Crippen LogP contribution >= 0.6 is 0 Å². The smallest absolute Gasteiger partial charge is 0.408 e. The van der Waals surface area contributed by atoms with Gasteiger partial charge in [0.05, 0.1) is 12.7 Å². The van der Waals surface area contributed by atoms with Gasteiger partial charge < -0.3 is 30.2 Å². The largest absolute Gasteiger partial charge is 0.464 e. The lowest BCUT2D eigenvalue weighted by Crippen LogP contribution is -2.56. The lowest BCUT2D eigenvalue weighted by Gasteiger charge is -2.24. The van der Waals surface area contributed by atoms with Crippen LogP contribution in [0.25, 0.3) is 10.9 Å². The van der Waals surface area contributed by atoms with E-state index in [-0.39, 0.29) is 19.6 Å². The minimum Gasteiger partial charge on any atom is -0.464 e. The van der Waals surface area contributed by atoms with Crippen LogP contribution in [0, 0.1) is 0 Å². The first kappa shape index (κ1) is 24.8. The number of hydrogen-bond donors (Lipinski definition) is 4. The number of alkyl carbamates (subject to hydrolysis) is 1. The highest BCUT2D eigenvalue weighted by atomic mass is 16.5. The molecule has 1 aromatic heterocycles. The molecule has 0 aliphatic heterocycles. The van der Waals surface area contributed by atoms with Crippen LogP contribution in [-0.2, 0) is 32.1 Å². The molecule has 2 amide bonds. The Kier molecular flexibility index (Phi) is 8.64. The Balaban J connectivity index is 1.68. The second kappa shape index (κ2) is 11.9. The lowest BCUT2D eigenvalue weighted by molar-refractivity contribution is -0.147. The van der Waals surface area contributed by atoms with E-state index in [2.05, 4.69) is 15.6 Å². The van der Waals surface area contributed by atoms with Crippen molar-refractivity contribution in [1.82, 2.24) is 15.6 Å². The number of esters is 1. The summed E-state index contributed by atoms with van der Waals surface area (Å²) in [6.07, 6.45) is -0.164. The number of ether oxygens (including phenoxy) is 2. The number of amides is 2. The summed E-state index contributed by atoms with van der Waals surface area (Å²) >= 11 is 0. The third kappa shape index (κ3) is 6.58. The van der Waals surface area contributed by atoms with Gasteiger partial charge in [0.15, 0.2) is 0 Å². The number of carbonyl (C=O) groups excluding carboxylic acids is 3. The fourth-order valence-corrected chi connectivity index (χ4v) is 3.52. The van der Waals surface area contributed by atoms with Gasteiger partial charge in [0, 0.05) is 23.5 Å². The molecule has 2 aromatic carbocycles. The minimum absolute atomic E-state index is 0.00678. The highest BCUT2D eigenvalue weighted by Crippen LogP contribution is 2.19. The molecule has 3 rings (SSSR count). The molecule has 0 fully saturated rings. The van der Waals surface area contributed by atoms with Gasteiger partial charge in [0.25, 0.3) is 0 Å². The molecule has 0 bridgehead atoms. The van der Waals surface area contributed by atoms with Crippen molar-refractivity contribution in [2.45, 2.75) is 45.1 Å². The number of rotatable bonds is 10. The van der Waals surface area contributed by atoms with Crippen molar-refractivity contribution in [3.05, 3.63) is 71.9 Å². The zero-order valence-electron chi connectivity index (χ0n) is 19.1. The fraction of sp³-hybridized carbons (Fsp3) is 0.320. The van der Waals surface area contributed by atoms with Crippen LogP contribution in [0.1, 0.15) is 25.0 Å². The van der Waals surface area contributed by atoms with E-state index >= 15 is 0 Å². The number of hydrogen-bond acceptors (Lipinski definition) is 6. The summed E-state index contributed by atoms with van der Waals surface area (Å²) in [6, 6.07) is 14.3. The summed E-state index contributed by atoms with van der Waals surface area (Å²) in [6.45, 7) is 3.18.